The van der Waals surface area contributed by atoms with Crippen LogP contribution in [0.1, 0.15) is 16.1 Å². The van der Waals surface area contributed by atoms with Crippen molar-refractivity contribution in [1.29, 1.82) is 0 Å². The van der Waals surface area contributed by atoms with Gasteiger partial charge in [-0.15, -0.1) is 6.42 Å². The maximum absolute atomic E-state index is 11.9. The number of rotatable bonds is 4. The van der Waals surface area contributed by atoms with Crippen molar-refractivity contribution < 1.29 is 28.3 Å². The van der Waals surface area contributed by atoms with Gasteiger partial charge in [-0.2, -0.15) is 0 Å². The van der Waals surface area contributed by atoms with E-state index in [1.54, 1.807) is 36.4 Å². The zero-order chi connectivity index (χ0) is 19.4. The van der Waals surface area contributed by atoms with Gasteiger partial charge in [-0.25, -0.2) is 9.59 Å². The number of carbonyl (C=O) groups excluding carboxylic acids is 4. The molecule has 8 nitrogen and oxygen atoms in total. The molecule has 0 atom stereocenters. The predicted octanol–water partition coefficient (Wildman–Crippen LogP) is 1.49. The lowest BCUT2D eigenvalue weighted by Crippen LogP contribution is -2.51. The number of terminal acetylenes is 1. The first-order valence-corrected chi connectivity index (χ1v) is 7.67. The van der Waals surface area contributed by atoms with Crippen molar-refractivity contribution in [2.75, 3.05) is 6.61 Å². The number of hydrogen-bond acceptors (Lipinski definition) is 6. The first-order chi connectivity index (χ1) is 13.0. The highest BCUT2D eigenvalue weighted by molar-refractivity contribution is 6.31. The van der Waals surface area contributed by atoms with Crippen LogP contribution in [-0.2, 0) is 14.3 Å². The Hall–Kier alpha value is -4.12. The normalized spacial score (nSPS) is 13.4. The second-order valence-corrected chi connectivity index (χ2v) is 5.36. The topological polar surface area (TPSA) is 115 Å². The van der Waals surface area contributed by atoms with Gasteiger partial charge in [0.25, 0.3) is 11.8 Å². The number of hydrogen-bond donors (Lipinski definition) is 2. The van der Waals surface area contributed by atoms with Gasteiger partial charge in [0.1, 0.15) is 17.1 Å². The van der Waals surface area contributed by atoms with Gasteiger partial charge in [0.05, 0.1) is 5.56 Å². The average molecular weight is 364 g/mol. The van der Waals surface area contributed by atoms with Crippen molar-refractivity contribution in [3.8, 4) is 23.7 Å². The fourth-order valence-corrected chi connectivity index (χ4v) is 2.32. The Bertz CT molecular complexity index is 1000. The Morgan fingerprint density at radius 2 is 1.89 bits per heavy atom. The zero-order valence-electron chi connectivity index (χ0n) is 13.8. The van der Waals surface area contributed by atoms with Crippen LogP contribution in [0.2, 0.25) is 0 Å². The largest absolute Gasteiger partial charge is 0.457 e. The minimum atomic E-state index is -0.879. The van der Waals surface area contributed by atoms with Crippen LogP contribution in [-0.4, -0.2) is 30.4 Å². The summed E-state index contributed by atoms with van der Waals surface area (Å²) >= 11 is 0. The van der Waals surface area contributed by atoms with E-state index < -0.39 is 23.8 Å². The minimum Gasteiger partial charge on any atom is -0.457 e. The third-order valence-electron chi connectivity index (χ3n) is 3.53. The van der Waals surface area contributed by atoms with Gasteiger partial charge in [-0.1, -0.05) is 18.1 Å². The summed E-state index contributed by atoms with van der Waals surface area (Å²) in [4.78, 5) is 46.4. The van der Waals surface area contributed by atoms with Crippen molar-refractivity contribution in [3.63, 3.8) is 0 Å². The summed E-state index contributed by atoms with van der Waals surface area (Å²) in [5.41, 5.74) is 0.619. The molecule has 1 aromatic heterocycles. The van der Waals surface area contributed by atoms with Gasteiger partial charge in [0.2, 0.25) is 0 Å². The standard InChI is InChI=1S/C19H12N2O6/c1-2-8-26-18(24)12-5-3-4-11(9-12)15-7-6-13(27-15)10-14-16(22)20-19(25)21-17(14)23/h1,3-7,9-10H,8H2,(H2,20,21,22,23,25). The molecule has 0 saturated carbocycles. The number of furan rings is 1. The highest BCUT2D eigenvalue weighted by atomic mass is 16.5. The van der Waals surface area contributed by atoms with E-state index in [0.29, 0.717) is 16.9 Å². The summed E-state index contributed by atoms with van der Waals surface area (Å²) in [7, 11) is 0. The van der Waals surface area contributed by atoms with E-state index in [-0.39, 0.29) is 17.9 Å². The van der Waals surface area contributed by atoms with Crippen molar-refractivity contribution >= 4 is 29.9 Å². The number of benzene rings is 1. The van der Waals surface area contributed by atoms with Gasteiger partial charge in [0.15, 0.2) is 6.61 Å². The van der Waals surface area contributed by atoms with Crippen LogP contribution >= 0.6 is 0 Å². The van der Waals surface area contributed by atoms with E-state index in [9.17, 15) is 19.2 Å². The average Bonchev–Trinajstić information content (AvgIpc) is 3.11. The third kappa shape index (κ3) is 3.93. The van der Waals surface area contributed by atoms with Crippen LogP contribution in [0.25, 0.3) is 17.4 Å². The summed E-state index contributed by atoms with van der Waals surface area (Å²) in [6.45, 7) is -0.131. The molecule has 2 heterocycles. The van der Waals surface area contributed by atoms with Crippen molar-refractivity contribution in [3.05, 3.63) is 53.3 Å². The zero-order valence-corrected chi connectivity index (χ0v) is 13.8. The summed E-state index contributed by atoms with van der Waals surface area (Å²) in [6, 6.07) is 8.78. The Morgan fingerprint density at radius 1 is 1.15 bits per heavy atom. The fraction of sp³-hybridized carbons (Fsp3) is 0.0526. The smallest absolute Gasteiger partial charge is 0.339 e. The molecule has 134 valence electrons. The molecule has 0 unspecified atom stereocenters. The predicted molar refractivity (Wildman–Crippen MR) is 92.9 cm³/mol. The van der Waals surface area contributed by atoms with E-state index >= 15 is 0 Å². The van der Waals surface area contributed by atoms with Gasteiger partial charge in [-0.05, 0) is 30.3 Å². The highest BCUT2D eigenvalue weighted by Crippen LogP contribution is 2.25. The lowest BCUT2D eigenvalue weighted by Gasteiger charge is -2.13. The molecule has 0 spiro atoms. The summed E-state index contributed by atoms with van der Waals surface area (Å²) < 4.78 is 10.5. The minimum absolute atomic E-state index is 0.131. The molecule has 2 N–H and O–H groups in total. The monoisotopic (exact) mass is 364 g/mol. The number of nitrogens with one attached hydrogen (secondary N) is 2. The van der Waals surface area contributed by atoms with Crippen LogP contribution in [0, 0.1) is 12.3 Å². The summed E-state index contributed by atoms with van der Waals surface area (Å²) in [6.07, 6.45) is 6.27. The second kappa shape index (κ2) is 7.41. The Balaban J connectivity index is 1.84. The van der Waals surface area contributed by atoms with E-state index in [1.807, 2.05) is 10.6 Å². The molecule has 1 fully saturated rings. The third-order valence-corrected chi connectivity index (χ3v) is 3.53. The van der Waals surface area contributed by atoms with Crippen LogP contribution in [0.4, 0.5) is 4.79 Å². The van der Waals surface area contributed by atoms with Gasteiger partial charge < -0.3 is 9.15 Å². The number of esters is 1. The van der Waals surface area contributed by atoms with E-state index in [2.05, 4.69) is 5.92 Å². The summed E-state index contributed by atoms with van der Waals surface area (Å²) in [5, 5.41) is 3.94. The number of imide groups is 2. The molecule has 0 radical (unpaired) electrons. The lowest BCUT2D eigenvalue weighted by atomic mass is 10.1. The quantitative estimate of drug-likeness (QED) is 0.368. The van der Waals surface area contributed by atoms with Crippen molar-refractivity contribution in [2.45, 2.75) is 0 Å². The number of carbonyl (C=O) groups is 4. The Labute approximate surface area is 153 Å². The maximum atomic E-state index is 11.9. The SMILES string of the molecule is C#CCOC(=O)c1cccc(-c2ccc(C=C3C(=O)NC(=O)NC3=O)o2)c1. The van der Waals surface area contributed by atoms with E-state index in [4.69, 9.17) is 15.6 Å². The van der Waals surface area contributed by atoms with Gasteiger partial charge in [-0.3, -0.25) is 20.2 Å². The fourth-order valence-electron chi connectivity index (χ4n) is 2.32. The van der Waals surface area contributed by atoms with Crippen LogP contribution in [0.5, 0.6) is 0 Å². The van der Waals surface area contributed by atoms with Gasteiger partial charge in [0, 0.05) is 5.56 Å². The Kier molecular flexibility index (Phi) is 4.86. The van der Waals surface area contributed by atoms with Gasteiger partial charge >= 0.3 is 12.0 Å². The number of urea groups is 1. The maximum Gasteiger partial charge on any atom is 0.339 e. The molecule has 27 heavy (non-hydrogen) atoms. The summed E-state index contributed by atoms with van der Waals surface area (Å²) in [5.74, 6) is 0.634. The first kappa shape index (κ1) is 17.7. The van der Waals surface area contributed by atoms with E-state index in [1.165, 1.54) is 6.08 Å². The van der Waals surface area contributed by atoms with E-state index in [0.717, 1.165) is 0 Å². The molecule has 1 aliphatic heterocycles. The second-order valence-electron chi connectivity index (χ2n) is 5.36. The molecule has 2 aromatic rings. The van der Waals surface area contributed by atoms with Crippen molar-refractivity contribution in [2.24, 2.45) is 0 Å². The van der Waals surface area contributed by atoms with Crippen LogP contribution < -0.4 is 10.6 Å². The molecule has 1 saturated heterocycles. The highest BCUT2D eigenvalue weighted by Gasteiger charge is 2.28. The van der Waals surface area contributed by atoms with Crippen LogP contribution in [0.3, 0.4) is 0 Å². The lowest BCUT2D eigenvalue weighted by molar-refractivity contribution is -0.123. The molecule has 1 aromatic carbocycles. The van der Waals surface area contributed by atoms with Crippen LogP contribution in [0.15, 0.2) is 46.4 Å². The number of amides is 4. The van der Waals surface area contributed by atoms with Crippen molar-refractivity contribution in [1.82, 2.24) is 10.6 Å². The first-order valence-electron chi connectivity index (χ1n) is 7.67. The molecule has 0 aliphatic carbocycles. The molecular formula is C19H12N2O6. The molecule has 3 rings (SSSR count). The molecule has 4 amide bonds. The molecule has 8 heteroatoms. The number of barbiturate groups is 1. The molecular weight excluding hydrogens is 352 g/mol. The Morgan fingerprint density at radius 3 is 2.59 bits per heavy atom. The molecule has 0 bridgehead atoms. The molecule has 1 aliphatic rings. The number of ether oxygens (including phenoxy) is 1.